The summed E-state index contributed by atoms with van der Waals surface area (Å²) in [5, 5.41) is 2.88. The number of hydrogen-bond acceptors (Lipinski definition) is 3. The lowest BCUT2D eigenvalue weighted by Crippen LogP contribution is -2.50. The molecule has 0 aromatic heterocycles. The van der Waals surface area contributed by atoms with Crippen LogP contribution >= 0.6 is 31.9 Å². The van der Waals surface area contributed by atoms with E-state index in [-0.39, 0.29) is 24.5 Å². The highest BCUT2D eigenvalue weighted by Gasteiger charge is 2.27. The number of ether oxygens (including phenoxy) is 1. The van der Waals surface area contributed by atoms with Gasteiger partial charge in [-0.2, -0.15) is 0 Å². The van der Waals surface area contributed by atoms with Gasteiger partial charge in [-0.3, -0.25) is 9.59 Å². The van der Waals surface area contributed by atoms with E-state index < -0.39 is 6.04 Å². The van der Waals surface area contributed by atoms with Gasteiger partial charge >= 0.3 is 0 Å². The fraction of sp³-hybridized carbons (Fsp3) is 0.391. The van der Waals surface area contributed by atoms with Gasteiger partial charge in [-0.25, -0.2) is 0 Å². The number of rotatable bonds is 8. The number of aryl methyl sites for hydroxylation is 2. The molecule has 0 bridgehead atoms. The van der Waals surface area contributed by atoms with Crippen LogP contribution in [0.25, 0.3) is 0 Å². The summed E-state index contributed by atoms with van der Waals surface area (Å²) in [4.78, 5) is 27.2. The van der Waals surface area contributed by atoms with Gasteiger partial charge in [0.05, 0.1) is 0 Å². The molecule has 0 unspecified atom stereocenters. The molecule has 0 aliphatic heterocycles. The average Bonchev–Trinajstić information content (AvgIpc) is 2.67. The van der Waals surface area contributed by atoms with Gasteiger partial charge in [0, 0.05) is 21.5 Å². The molecule has 0 radical (unpaired) electrons. The number of benzene rings is 2. The Morgan fingerprint density at radius 1 is 1.07 bits per heavy atom. The van der Waals surface area contributed by atoms with Crippen LogP contribution in [0.15, 0.2) is 45.3 Å². The third-order valence-corrected chi connectivity index (χ3v) is 6.36. The van der Waals surface area contributed by atoms with E-state index in [1.165, 1.54) is 0 Å². The van der Waals surface area contributed by atoms with E-state index in [9.17, 15) is 9.59 Å². The van der Waals surface area contributed by atoms with Crippen LogP contribution in [-0.2, 0) is 16.1 Å². The van der Waals surface area contributed by atoms with Crippen LogP contribution in [0.2, 0.25) is 0 Å². The first-order valence-corrected chi connectivity index (χ1v) is 11.4. The van der Waals surface area contributed by atoms with Gasteiger partial charge in [0.15, 0.2) is 6.61 Å². The molecule has 0 aliphatic rings. The molecule has 2 aromatic rings. The van der Waals surface area contributed by atoms with Gasteiger partial charge in [0.1, 0.15) is 11.8 Å². The number of carbonyl (C=O) groups is 2. The Kier molecular flexibility index (Phi) is 8.92. The number of halogens is 2. The molecular weight excluding hydrogens is 512 g/mol. The minimum absolute atomic E-state index is 0.00672. The number of nitrogens with zero attached hydrogens (tertiary/aromatic N) is 1. The summed E-state index contributed by atoms with van der Waals surface area (Å²) in [6, 6.07) is 10.8. The molecule has 1 N–H and O–H groups in total. The monoisotopic (exact) mass is 538 g/mol. The van der Waals surface area contributed by atoms with Crippen LogP contribution in [0.5, 0.6) is 5.75 Å². The first kappa shape index (κ1) is 24.4. The highest BCUT2D eigenvalue weighted by molar-refractivity contribution is 9.10. The van der Waals surface area contributed by atoms with Crippen molar-refractivity contribution in [2.24, 2.45) is 0 Å². The zero-order chi connectivity index (χ0) is 22.4. The van der Waals surface area contributed by atoms with Crippen LogP contribution < -0.4 is 10.1 Å². The smallest absolute Gasteiger partial charge is 0.261 e. The predicted octanol–water partition coefficient (Wildman–Crippen LogP) is 5.15. The molecule has 0 heterocycles. The van der Waals surface area contributed by atoms with Crippen molar-refractivity contribution in [1.82, 2.24) is 10.2 Å². The van der Waals surface area contributed by atoms with Crippen molar-refractivity contribution in [1.29, 1.82) is 0 Å². The maximum Gasteiger partial charge on any atom is 0.261 e. The summed E-state index contributed by atoms with van der Waals surface area (Å²) in [7, 11) is 0. The fourth-order valence-electron chi connectivity index (χ4n) is 3.04. The van der Waals surface area contributed by atoms with Gasteiger partial charge < -0.3 is 15.0 Å². The van der Waals surface area contributed by atoms with Crippen molar-refractivity contribution in [2.75, 3.05) is 6.61 Å². The molecule has 0 fully saturated rings. The predicted molar refractivity (Wildman–Crippen MR) is 127 cm³/mol. The SMILES string of the molecule is Cc1cc(OCC(=O)N(Cc2cccc(Br)c2)[C@@H](C)C(=O)NC(C)C)cc(C)c1Br. The third-order valence-electron chi connectivity index (χ3n) is 4.61. The van der Waals surface area contributed by atoms with E-state index in [1.54, 1.807) is 11.8 Å². The van der Waals surface area contributed by atoms with Crippen molar-refractivity contribution in [3.8, 4) is 5.75 Å². The Hall–Kier alpha value is -1.86. The van der Waals surface area contributed by atoms with E-state index in [0.717, 1.165) is 25.6 Å². The zero-order valence-corrected chi connectivity index (χ0v) is 21.1. The normalized spacial score (nSPS) is 11.9. The molecule has 1 atom stereocenters. The molecule has 5 nitrogen and oxygen atoms in total. The molecule has 0 spiro atoms. The van der Waals surface area contributed by atoms with Crippen LogP contribution in [0.4, 0.5) is 0 Å². The molecule has 2 rings (SSSR count). The summed E-state index contributed by atoms with van der Waals surface area (Å²) in [5.41, 5.74) is 3.00. The fourth-order valence-corrected chi connectivity index (χ4v) is 3.71. The minimum atomic E-state index is -0.629. The molecular formula is C23H28Br2N2O3. The molecule has 2 amide bonds. The van der Waals surface area contributed by atoms with E-state index in [1.807, 2.05) is 64.1 Å². The van der Waals surface area contributed by atoms with E-state index >= 15 is 0 Å². The summed E-state index contributed by atoms with van der Waals surface area (Å²) >= 11 is 6.99. The average molecular weight is 540 g/mol. The summed E-state index contributed by atoms with van der Waals surface area (Å²) < 4.78 is 7.73. The number of nitrogens with one attached hydrogen (secondary N) is 1. The third kappa shape index (κ3) is 6.84. The van der Waals surface area contributed by atoms with Crippen LogP contribution in [-0.4, -0.2) is 35.4 Å². The van der Waals surface area contributed by atoms with Crippen molar-refractivity contribution < 1.29 is 14.3 Å². The second-order valence-corrected chi connectivity index (χ2v) is 9.36. The van der Waals surface area contributed by atoms with E-state index in [2.05, 4.69) is 37.2 Å². The van der Waals surface area contributed by atoms with Gasteiger partial charge in [-0.05, 0) is 75.6 Å². The summed E-state index contributed by atoms with van der Waals surface area (Å²) in [6.07, 6.45) is 0. The molecule has 0 saturated carbocycles. The zero-order valence-electron chi connectivity index (χ0n) is 18.0. The highest BCUT2D eigenvalue weighted by atomic mass is 79.9. The number of hydrogen-bond donors (Lipinski definition) is 1. The molecule has 0 saturated heterocycles. The lowest BCUT2D eigenvalue weighted by molar-refractivity contribution is -0.142. The number of amides is 2. The highest BCUT2D eigenvalue weighted by Crippen LogP contribution is 2.26. The lowest BCUT2D eigenvalue weighted by Gasteiger charge is -2.29. The van der Waals surface area contributed by atoms with Gasteiger partial charge in [-0.1, -0.05) is 44.0 Å². The maximum atomic E-state index is 13.1. The lowest BCUT2D eigenvalue weighted by atomic mass is 10.1. The van der Waals surface area contributed by atoms with Crippen molar-refractivity contribution in [3.05, 3.63) is 62.0 Å². The maximum absolute atomic E-state index is 13.1. The largest absolute Gasteiger partial charge is 0.484 e. The minimum Gasteiger partial charge on any atom is -0.484 e. The Labute approximate surface area is 195 Å². The Bertz CT molecular complexity index is 892. The van der Waals surface area contributed by atoms with Gasteiger partial charge in [0.2, 0.25) is 5.91 Å². The molecule has 7 heteroatoms. The standard InChI is InChI=1S/C23H28Br2N2O3/c1-14(2)26-23(29)17(5)27(12-18-7-6-8-19(24)11-18)21(28)13-30-20-9-15(3)22(25)16(4)10-20/h6-11,14,17H,12-13H2,1-5H3,(H,26,29)/t17-/m0/s1. The van der Waals surface area contributed by atoms with E-state index in [4.69, 9.17) is 4.74 Å². The van der Waals surface area contributed by atoms with Gasteiger partial charge in [-0.15, -0.1) is 0 Å². The quantitative estimate of drug-likeness (QED) is 0.504. The van der Waals surface area contributed by atoms with Crippen molar-refractivity contribution in [2.45, 2.75) is 53.2 Å². The van der Waals surface area contributed by atoms with Crippen LogP contribution in [0, 0.1) is 13.8 Å². The molecule has 162 valence electrons. The van der Waals surface area contributed by atoms with Crippen LogP contribution in [0.3, 0.4) is 0 Å². The van der Waals surface area contributed by atoms with Crippen molar-refractivity contribution >= 4 is 43.7 Å². The summed E-state index contributed by atoms with van der Waals surface area (Å²) in [5.74, 6) is 0.187. The van der Waals surface area contributed by atoms with Crippen LogP contribution in [0.1, 0.15) is 37.5 Å². The van der Waals surface area contributed by atoms with Crippen molar-refractivity contribution in [3.63, 3.8) is 0 Å². The Morgan fingerprint density at radius 2 is 1.70 bits per heavy atom. The number of carbonyl (C=O) groups excluding carboxylic acids is 2. The van der Waals surface area contributed by atoms with Gasteiger partial charge in [0.25, 0.3) is 5.91 Å². The first-order chi connectivity index (χ1) is 14.1. The molecule has 2 aromatic carbocycles. The Morgan fingerprint density at radius 3 is 2.27 bits per heavy atom. The second kappa shape index (κ2) is 11.0. The first-order valence-electron chi connectivity index (χ1n) is 9.82. The molecule has 0 aliphatic carbocycles. The topological polar surface area (TPSA) is 58.6 Å². The van der Waals surface area contributed by atoms with E-state index in [0.29, 0.717) is 12.3 Å². The molecule has 30 heavy (non-hydrogen) atoms. The summed E-state index contributed by atoms with van der Waals surface area (Å²) in [6.45, 7) is 9.65. The Balaban J connectivity index is 2.19. The second-order valence-electron chi connectivity index (χ2n) is 7.65.